The van der Waals surface area contributed by atoms with Crippen molar-refractivity contribution in [3.8, 4) is 0 Å². The van der Waals surface area contributed by atoms with E-state index in [0.717, 1.165) is 17.5 Å². The molecule has 0 radical (unpaired) electrons. The van der Waals surface area contributed by atoms with Gasteiger partial charge in [0.2, 0.25) is 5.91 Å². The van der Waals surface area contributed by atoms with Crippen molar-refractivity contribution in [2.45, 2.75) is 52.2 Å². The van der Waals surface area contributed by atoms with E-state index >= 15 is 0 Å². The molecule has 4 heteroatoms. The highest BCUT2D eigenvalue weighted by Gasteiger charge is 2.59. The number of carbonyl (C=O) groups is 2. The standard InChI is InChI=1S/C24H29NO3/c1-5-18(4)16-21(26)25-22(17(2)3)24(28-23(25)27,19-12-8-6-9-13-19)20-14-10-7-11-15-20/h6-15,17-18,22H,5,16H2,1-4H3/t18-,22?/m0/s1. The van der Waals surface area contributed by atoms with Crippen molar-refractivity contribution in [2.75, 3.05) is 0 Å². The fourth-order valence-electron chi connectivity index (χ4n) is 4.11. The highest BCUT2D eigenvalue weighted by molar-refractivity contribution is 5.94. The molecule has 0 bridgehead atoms. The second-order valence-electron chi connectivity index (χ2n) is 8.01. The molecule has 0 saturated carbocycles. The Morgan fingerprint density at radius 1 is 1.00 bits per heavy atom. The zero-order valence-electron chi connectivity index (χ0n) is 17.1. The largest absolute Gasteiger partial charge is 0.430 e. The molecule has 0 aromatic heterocycles. The summed E-state index contributed by atoms with van der Waals surface area (Å²) in [6, 6.07) is 19.1. The van der Waals surface area contributed by atoms with Crippen molar-refractivity contribution >= 4 is 12.0 Å². The zero-order chi connectivity index (χ0) is 20.3. The first-order valence-corrected chi connectivity index (χ1v) is 10.1. The molecule has 2 atom stereocenters. The molecule has 148 valence electrons. The molecule has 28 heavy (non-hydrogen) atoms. The van der Waals surface area contributed by atoms with Crippen LogP contribution in [0, 0.1) is 11.8 Å². The Bertz CT molecular complexity index is 777. The van der Waals surface area contributed by atoms with Crippen LogP contribution < -0.4 is 0 Å². The van der Waals surface area contributed by atoms with Gasteiger partial charge in [0.1, 0.15) is 0 Å². The molecule has 1 aliphatic rings. The number of nitrogens with zero attached hydrogens (tertiary/aromatic N) is 1. The average molecular weight is 380 g/mol. The molecule has 2 aromatic rings. The molecule has 1 saturated heterocycles. The van der Waals surface area contributed by atoms with Crippen LogP contribution in [0.3, 0.4) is 0 Å². The monoisotopic (exact) mass is 379 g/mol. The third-order valence-corrected chi connectivity index (χ3v) is 5.67. The summed E-state index contributed by atoms with van der Waals surface area (Å²) in [6.07, 6.45) is 0.678. The number of ether oxygens (including phenoxy) is 1. The van der Waals surface area contributed by atoms with E-state index < -0.39 is 17.7 Å². The van der Waals surface area contributed by atoms with Gasteiger partial charge in [-0.25, -0.2) is 9.69 Å². The minimum atomic E-state index is -1.01. The maximum absolute atomic E-state index is 13.1. The van der Waals surface area contributed by atoms with Crippen LogP contribution in [0.5, 0.6) is 0 Å². The van der Waals surface area contributed by atoms with Crippen molar-refractivity contribution in [3.05, 3.63) is 71.8 Å². The maximum Gasteiger partial charge on any atom is 0.418 e. The van der Waals surface area contributed by atoms with Crippen molar-refractivity contribution in [1.82, 2.24) is 4.90 Å². The highest BCUT2D eigenvalue weighted by Crippen LogP contribution is 2.47. The van der Waals surface area contributed by atoms with E-state index in [9.17, 15) is 9.59 Å². The zero-order valence-corrected chi connectivity index (χ0v) is 17.1. The third-order valence-electron chi connectivity index (χ3n) is 5.67. The molecular weight excluding hydrogens is 350 g/mol. The quantitative estimate of drug-likeness (QED) is 0.678. The number of cyclic esters (lactones) is 1. The van der Waals surface area contributed by atoms with Gasteiger partial charge >= 0.3 is 6.09 Å². The van der Waals surface area contributed by atoms with Gasteiger partial charge in [-0.15, -0.1) is 0 Å². The van der Waals surface area contributed by atoms with Gasteiger partial charge in [0, 0.05) is 17.5 Å². The predicted molar refractivity (Wildman–Crippen MR) is 110 cm³/mol. The van der Waals surface area contributed by atoms with E-state index in [4.69, 9.17) is 4.74 Å². The average Bonchev–Trinajstić information content (AvgIpc) is 3.03. The Hall–Kier alpha value is -2.62. The first kappa shape index (κ1) is 20.1. The van der Waals surface area contributed by atoms with Gasteiger partial charge in [0.05, 0.1) is 6.04 Å². The molecule has 0 aliphatic carbocycles. The molecule has 2 aromatic carbocycles. The molecule has 4 nitrogen and oxygen atoms in total. The lowest BCUT2D eigenvalue weighted by Gasteiger charge is -2.37. The van der Waals surface area contributed by atoms with E-state index in [1.54, 1.807) is 0 Å². The van der Waals surface area contributed by atoms with Gasteiger partial charge in [-0.3, -0.25) is 4.79 Å². The molecule has 2 amide bonds. The normalized spacial score (nSPS) is 19.5. The van der Waals surface area contributed by atoms with Gasteiger partial charge < -0.3 is 4.74 Å². The molecule has 1 fully saturated rings. The second-order valence-corrected chi connectivity index (χ2v) is 8.01. The van der Waals surface area contributed by atoms with Crippen LogP contribution in [0.2, 0.25) is 0 Å². The van der Waals surface area contributed by atoms with Gasteiger partial charge in [-0.2, -0.15) is 0 Å². The summed E-state index contributed by atoms with van der Waals surface area (Å²) < 4.78 is 6.11. The fraction of sp³-hybridized carbons (Fsp3) is 0.417. The van der Waals surface area contributed by atoms with E-state index in [0.29, 0.717) is 6.42 Å². The minimum Gasteiger partial charge on any atom is -0.430 e. The van der Waals surface area contributed by atoms with Crippen molar-refractivity contribution in [2.24, 2.45) is 11.8 Å². The van der Waals surface area contributed by atoms with Crippen LogP contribution in [-0.4, -0.2) is 22.9 Å². The molecule has 1 aliphatic heterocycles. The Morgan fingerprint density at radius 3 is 1.93 bits per heavy atom. The Labute approximate surface area is 167 Å². The molecule has 1 heterocycles. The van der Waals surface area contributed by atoms with E-state index in [1.807, 2.05) is 81.4 Å². The van der Waals surface area contributed by atoms with E-state index in [-0.39, 0.29) is 17.7 Å². The lowest BCUT2D eigenvalue weighted by molar-refractivity contribution is -0.131. The second kappa shape index (κ2) is 8.17. The van der Waals surface area contributed by atoms with E-state index in [2.05, 4.69) is 6.92 Å². The number of carbonyl (C=O) groups excluding carboxylic acids is 2. The number of imide groups is 1. The summed E-state index contributed by atoms with van der Waals surface area (Å²) >= 11 is 0. The lowest BCUT2D eigenvalue weighted by Crippen LogP contribution is -2.50. The summed E-state index contributed by atoms with van der Waals surface area (Å²) in [5.74, 6) is 0.0797. The van der Waals surface area contributed by atoms with Crippen LogP contribution >= 0.6 is 0 Å². The third kappa shape index (κ3) is 3.44. The van der Waals surface area contributed by atoms with Crippen LogP contribution in [0.1, 0.15) is 51.7 Å². The summed E-state index contributed by atoms with van der Waals surface area (Å²) in [4.78, 5) is 27.5. The highest BCUT2D eigenvalue weighted by atomic mass is 16.6. The van der Waals surface area contributed by atoms with Crippen molar-refractivity contribution in [3.63, 3.8) is 0 Å². The topological polar surface area (TPSA) is 46.6 Å². The molecule has 3 rings (SSSR count). The number of amides is 2. The number of benzene rings is 2. The van der Waals surface area contributed by atoms with E-state index in [1.165, 1.54) is 4.90 Å². The van der Waals surface area contributed by atoms with Gasteiger partial charge in [0.15, 0.2) is 5.60 Å². The van der Waals surface area contributed by atoms with Crippen LogP contribution in [0.15, 0.2) is 60.7 Å². The predicted octanol–water partition coefficient (Wildman–Crippen LogP) is 5.37. The Balaban J connectivity index is 2.17. The van der Waals surface area contributed by atoms with Gasteiger partial charge in [-0.05, 0) is 11.8 Å². The first-order valence-electron chi connectivity index (χ1n) is 10.1. The molecule has 1 unspecified atom stereocenters. The van der Waals surface area contributed by atoms with Crippen molar-refractivity contribution in [1.29, 1.82) is 0 Å². The van der Waals surface area contributed by atoms with Crippen LogP contribution in [0.25, 0.3) is 0 Å². The molecule has 0 spiro atoms. The summed E-state index contributed by atoms with van der Waals surface area (Å²) in [5, 5.41) is 0. The summed E-state index contributed by atoms with van der Waals surface area (Å²) in [7, 11) is 0. The molecular formula is C24H29NO3. The summed E-state index contributed by atoms with van der Waals surface area (Å²) in [6.45, 7) is 8.16. The van der Waals surface area contributed by atoms with Crippen LogP contribution in [-0.2, 0) is 15.1 Å². The minimum absolute atomic E-state index is 0.0211. The number of hydrogen-bond acceptors (Lipinski definition) is 3. The SMILES string of the molecule is CC[C@H](C)CC(=O)N1C(=O)OC(c2ccccc2)(c2ccccc2)C1C(C)C. The Morgan fingerprint density at radius 2 is 1.50 bits per heavy atom. The first-order chi connectivity index (χ1) is 13.4. The van der Waals surface area contributed by atoms with Crippen molar-refractivity contribution < 1.29 is 14.3 Å². The lowest BCUT2D eigenvalue weighted by atomic mass is 9.75. The number of hydrogen-bond donors (Lipinski definition) is 0. The summed E-state index contributed by atoms with van der Waals surface area (Å²) in [5.41, 5.74) is 0.748. The number of rotatable bonds is 6. The smallest absolute Gasteiger partial charge is 0.418 e. The van der Waals surface area contributed by atoms with Gasteiger partial charge in [0.25, 0.3) is 0 Å². The molecule has 0 N–H and O–H groups in total. The maximum atomic E-state index is 13.1. The van der Waals surface area contributed by atoms with Crippen LogP contribution in [0.4, 0.5) is 4.79 Å². The van der Waals surface area contributed by atoms with Gasteiger partial charge in [-0.1, -0.05) is 94.8 Å². The Kier molecular flexibility index (Phi) is 5.87. The fourth-order valence-corrected chi connectivity index (χ4v) is 4.11.